The summed E-state index contributed by atoms with van der Waals surface area (Å²) < 4.78 is 15.1. The lowest BCUT2D eigenvalue weighted by atomic mass is 9.80. The van der Waals surface area contributed by atoms with Gasteiger partial charge in [0.05, 0.1) is 10.6 Å². The number of carbonyl (C=O) groups excluding carboxylic acids is 3. The molecule has 2 aromatic rings. The van der Waals surface area contributed by atoms with Gasteiger partial charge in [0.25, 0.3) is 17.4 Å². The minimum absolute atomic E-state index is 0.0595. The molecule has 2 fully saturated rings. The van der Waals surface area contributed by atoms with Gasteiger partial charge in [-0.3, -0.25) is 23.7 Å². The fourth-order valence-electron chi connectivity index (χ4n) is 7.37. The third-order valence-corrected chi connectivity index (χ3v) is 9.67. The van der Waals surface area contributed by atoms with Crippen molar-refractivity contribution >= 4 is 29.3 Å². The Labute approximate surface area is 236 Å². The highest BCUT2D eigenvalue weighted by molar-refractivity contribution is 6.30. The molecule has 11 heteroatoms. The summed E-state index contributed by atoms with van der Waals surface area (Å²) in [6.45, 7) is 5.68. The van der Waals surface area contributed by atoms with Crippen molar-refractivity contribution in [1.29, 1.82) is 0 Å². The molecule has 212 valence electrons. The number of halogens is 2. The molecule has 1 aromatic heterocycles. The number of nitrogens with zero attached hydrogens (tertiary/aromatic N) is 4. The fraction of sp³-hybridized carbons (Fsp3) is 0.517. The highest BCUT2D eigenvalue weighted by atomic mass is 35.5. The second kappa shape index (κ2) is 9.33. The molecule has 3 amide bonds. The van der Waals surface area contributed by atoms with Gasteiger partial charge in [0.2, 0.25) is 5.91 Å². The Hall–Kier alpha value is -3.40. The first-order valence-corrected chi connectivity index (χ1v) is 14.2. The molecule has 1 saturated heterocycles. The third-order valence-electron chi connectivity index (χ3n) is 9.38. The molecule has 40 heavy (non-hydrogen) atoms. The van der Waals surface area contributed by atoms with Crippen LogP contribution in [0, 0.1) is 11.2 Å². The highest BCUT2D eigenvalue weighted by Gasteiger charge is 2.62. The first-order valence-electron chi connectivity index (χ1n) is 13.8. The van der Waals surface area contributed by atoms with E-state index in [4.69, 9.17) is 11.6 Å². The third kappa shape index (κ3) is 3.71. The summed E-state index contributed by atoms with van der Waals surface area (Å²) in [5, 5.41) is 11.2. The number of amides is 3. The van der Waals surface area contributed by atoms with Crippen molar-refractivity contribution in [3.63, 3.8) is 0 Å². The van der Waals surface area contributed by atoms with E-state index in [0.717, 1.165) is 19.3 Å². The van der Waals surface area contributed by atoms with E-state index in [-0.39, 0.29) is 54.1 Å². The van der Waals surface area contributed by atoms with Gasteiger partial charge < -0.3 is 19.8 Å². The van der Waals surface area contributed by atoms with Gasteiger partial charge in [-0.15, -0.1) is 0 Å². The lowest BCUT2D eigenvalue weighted by Crippen LogP contribution is -2.57. The van der Waals surface area contributed by atoms with Gasteiger partial charge >= 0.3 is 0 Å². The fourth-order valence-corrected chi connectivity index (χ4v) is 7.58. The largest absolute Gasteiger partial charge is 0.502 e. The molecule has 1 unspecified atom stereocenters. The maximum atomic E-state index is 14.2. The van der Waals surface area contributed by atoms with E-state index in [1.165, 1.54) is 27.7 Å². The number of aromatic hydroxyl groups is 1. The topological polar surface area (TPSA) is 103 Å². The minimum Gasteiger partial charge on any atom is -0.502 e. The monoisotopic (exact) mass is 570 g/mol. The average Bonchev–Trinajstić information content (AvgIpc) is 3.53. The van der Waals surface area contributed by atoms with Crippen LogP contribution in [0.1, 0.15) is 77.9 Å². The minimum atomic E-state index is -1.00. The second-order valence-electron chi connectivity index (χ2n) is 11.9. The van der Waals surface area contributed by atoms with E-state index in [9.17, 15) is 28.7 Å². The van der Waals surface area contributed by atoms with Crippen LogP contribution in [0.2, 0.25) is 5.02 Å². The molecule has 0 bridgehead atoms. The van der Waals surface area contributed by atoms with Crippen LogP contribution in [0.25, 0.3) is 0 Å². The van der Waals surface area contributed by atoms with E-state index < -0.39 is 34.1 Å². The molecule has 4 aliphatic rings. The Kier molecular flexibility index (Phi) is 6.25. The number of fused-ring (bicyclic) bond motifs is 4. The molecule has 1 N–H and O–H groups in total. The molecular formula is C29H32ClFN4O5. The summed E-state index contributed by atoms with van der Waals surface area (Å²) in [6, 6.07) is 4.19. The molecule has 1 spiro atoms. The zero-order valence-corrected chi connectivity index (χ0v) is 23.4. The molecule has 9 nitrogen and oxygen atoms in total. The van der Waals surface area contributed by atoms with Gasteiger partial charge in [0.15, 0.2) is 5.75 Å². The van der Waals surface area contributed by atoms with Gasteiger partial charge in [0.1, 0.15) is 17.2 Å². The highest BCUT2D eigenvalue weighted by Crippen LogP contribution is 2.56. The normalized spacial score (nSPS) is 23.5. The first kappa shape index (κ1) is 26.8. The summed E-state index contributed by atoms with van der Waals surface area (Å²) in [5.74, 6) is -2.07. The van der Waals surface area contributed by atoms with Gasteiger partial charge in [-0.05, 0) is 49.8 Å². The number of hydrogen-bond acceptors (Lipinski definition) is 5. The molecule has 4 heterocycles. The smallest absolute Gasteiger partial charge is 0.296 e. The van der Waals surface area contributed by atoms with Gasteiger partial charge in [-0.1, -0.05) is 31.5 Å². The van der Waals surface area contributed by atoms with E-state index >= 15 is 0 Å². The SMILES string of the molecule is CC1(C)CCCC12N(CCN1CCCC1=O)C(=O)c1c3c(c(O)c(=O)n12)C(=O)N(Cc1ccc(F)c(Cl)c1)CC3. The molecule has 1 aromatic carbocycles. The Balaban J connectivity index is 1.42. The average molecular weight is 571 g/mol. The molecule has 3 aliphatic heterocycles. The number of likely N-dealkylation sites (tertiary alicyclic amines) is 1. The zero-order chi connectivity index (χ0) is 28.6. The lowest BCUT2D eigenvalue weighted by Gasteiger charge is -2.46. The van der Waals surface area contributed by atoms with Crippen molar-refractivity contribution in [2.24, 2.45) is 5.41 Å². The number of pyridine rings is 1. The van der Waals surface area contributed by atoms with Gasteiger partial charge in [-0.2, -0.15) is 0 Å². The molecule has 0 radical (unpaired) electrons. The van der Waals surface area contributed by atoms with E-state index in [1.54, 1.807) is 9.80 Å². The van der Waals surface area contributed by atoms with Crippen LogP contribution >= 0.6 is 11.6 Å². The van der Waals surface area contributed by atoms with E-state index in [1.807, 2.05) is 13.8 Å². The molecule has 1 aliphatic carbocycles. The van der Waals surface area contributed by atoms with Crippen molar-refractivity contribution in [1.82, 2.24) is 19.3 Å². The van der Waals surface area contributed by atoms with Crippen LogP contribution in [0.4, 0.5) is 4.39 Å². The van der Waals surface area contributed by atoms with Crippen molar-refractivity contribution in [2.45, 2.75) is 64.6 Å². The van der Waals surface area contributed by atoms with Crippen LogP contribution in [0.5, 0.6) is 5.75 Å². The van der Waals surface area contributed by atoms with Crippen LogP contribution in [0.3, 0.4) is 0 Å². The van der Waals surface area contributed by atoms with Crippen LogP contribution in [0.15, 0.2) is 23.0 Å². The van der Waals surface area contributed by atoms with Crippen molar-refractivity contribution < 1.29 is 23.9 Å². The zero-order valence-electron chi connectivity index (χ0n) is 22.6. The standard InChI is InChI=1S/C29H32ClFN4O5/c1-28(2)9-4-10-29(28)34(14-13-32-11-3-5-21(32)36)26(39)23-18-8-12-33(16-17-6-7-20(31)19(30)15-17)25(38)22(18)24(37)27(40)35(23)29/h6-7,15,37H,3-5,8-14,16H2,1-2H3. The first-order chi connectivity index (χ1) is 19.0. The number of rotatable bonds is 5. The second-order valence-corrected chi connectivity index (χ2v) is 12.3. The summed E-state index contributed by atoms with van der Waals surface area (Å²) in [4.78, 5) is 59.0. The molecular weight excluding hydrogens is 539 g/mol. The van der Waals surface area contributed by atoms with Crippen LogP contribution in [-0.2, 0) is 23.4 Å². The summed E-state index contributed by atoms with van der Waals surface area (Å²) in [6.07, 6.45) is 3.64. The molecule has 1 saturated carbocycles. The predicted molar refractivity (Wildman–Crippen MR) is 145 cm³/mol. The summed E-state index contributed by atoms with van der Waals surface area (Å²) in [5.41, 5.74) is -1.24. The molecule has 6 rings (SSSR count). The Morgan fingerprint density at radius 1 is 0.975 bits per heavy atom. The number of hydrogen-bond donors (Lipinski definition) is 1. The number of benzene rings is 1. The van der Waals surface area contributed by atoms with Crippen LogP contribution < -0.4 is 5.56 Å². The van der Waals surface area contributed by atoms with Gasteiger partial charge in [-0.25, -0.2) is 4.39 Å². The Bertz CT molecular complexity index is 1520. The van der Waals surface area contributed by atoms with Gasteiger partial charge in [0, 0.05) is 50.1 Å². The van der Waals surface area contributed by atoms with E-state index in [0.29, 0.717) is 37.1 Å². The number of carbonyl (C=O) groups is 3. The Morgan fingerprint density at radius 3 is 2.40 bits per heavy atom. The predicted octanol–water partition coefficient (Wildman–Crippen LogP) is 3.49. The maximum absolute atomic E-state index is 14.2. The maximum Gasteiger partial charge on any atom is 0.296 e. The van der Waals surface area contributed by atoms with Crippen LogP contribution in [-0.4, -0.2) is 68.3 Å². The summed E-state index contributed by atoms with van der Waals surface area (Å²) in [7, 11) is 0. The van der Waals surface area contributed by atoms with E-state index in [2.05, 4.69) is 0 Å². The Morgan fingerprint density at radius 2 is 1.75 bits per heavy atom. The quantitative estimate of drug-likeness (QED) is 0.593. The number of aromatic nitrogens is 1. The lowest BCUT2D eigenvalue weighted by molar-refractivity contribution is -0.128. The molecule has 1 atom stereocenters. The summed E-state index contributed by atoms with van der Waals surface area (Å²) >= 11 is 5.92. The van der Waals surface area contributed by atoms with Crippen molar-refractivity contribution in [3.8, 4) is 5.75 Å². The van der Waals surface area contributed by atoms with Crippen molar-refractivity contribution in [2.75, 3.05) is 26.2 Å². The van der Waals surface area contributed by atoms with Crippen molar-refractivity contribution in [3.05, 3.63) is 61.8 Å².